The Morgan fingerprint density at radius 1 is 1.46 bits per heavy atom. The van der Waals surface area contributed by atoms with Crippen LogP contribution in [0.25, 0.3) is 0 Å². The molecule has 0 radical (unpaired) electrons. The summed E-state index contributed by atoms with van der Waals surface area (Å²) in [7, 11) is 1.96. The van der Waals surface area contributed by atoms with Crippen molar-refractivity contribution in [3.8, 4) is 0 Å². The van der Waals surface area contributed by atoms with Crippen LogP contribution >= 0.6 is 0 Å². The van der Waals surface area contributed by atoms with Crippen molar-refractivity contribution in [2.75, 3.05) is 13.1 Å². The average molecular weight is 205 g/mol. The van der Waals surface area contributed by atoms with E-state index in [2.05, 4.69) is 16.1 Å². The summed E-state index contributed by atoms with van der Waals surface area (Å²) in [6.45, 7) is 3.52. The monoisotopic (exact) mass is 205 g/mol. The van der Waals surface area contributed by atoms with Gasteiger partial charge >= 0.3 is 51.4 Å². The van der Waals surface area contributed by atoms with Gasteiger partial charge < -0.3 is 7.43 Å². The van der Waals surface area contributed by atoms with Crippen LogP contribution in [0.3, 0.4) is 0 Å². The van der Waals surface area contributed by atoms with Gasteiger partial charge in [0.25, 0.3) is 0 Å². The van der Waals surface area contributed by atoms with E-state index in [0.29, 0.717) is 0 Å². The van der Waals surface area contributed by atoms with Crippen molar-refractivity contribution in [1.29, 1.82) is 0 Å². The summed E-state index contributed by atoms with van der Waals surface area (Å²) in [6.07, 6.45) is 3.35. The summed E-state index contributed by atoms with van der Waals surface area (Å²) in [5.74, 6) is 0. The molecule has 1 aliphatic heterocycles. The molecule has 4 heteroatoms. The Balaban J connectivity index is 0.000000720. The number of hydrogen-bond acceptors (Lipinski definition) is 2. The smallest absolute Gasteiger partial charge is 0.358 e. The molecule has 0 bridgehead atoms. The minimum Gasteiger partial charge on any atom is -0.358 e. The van der Waals surface area contributed by atoms with Crippen molar-refractivity contribution in [3.05, 3.63) is 25.4 Å². The standard InChI is InChI=1S/C8H13N3.CH3.K/c1-10-6-3-8(9-10)7-11-4-2-5-11;;/h3,6H,2,4-5,7H2,1H3;1H3;/q;-1;+1. The van der Waals surface area contributed by atoms with E-state index < -0.39 is 0 Å². The van der Waals surface area contributed by atoms with Crippen LogP contribution in [0.1, 0.15) is 12.1 Å². The number of hydrogen-bond donors (Lipinski definition) is 0. The fourth-order valence-corrected chi connectivity index (χ4v) is 1.32. The molecule has 68 valence electrons. The van der Waals surface area contributed by atoms with Crippen LogP contribution in [0.5, 0.6) is 0 Å². The first-order valence-electron chi connectivity index (χ1n) is 4.05. The van der Waals surface area contributed by atoms with E-state index in [4.69, 9.17) is 0 Å². The van der Waals surface area contributed by atoms with E-state index in [0.717, 1.165) is 6.54 Å². The summed E-state index contributed by atoms with van der Waals surface area (Å²) in [5, 5.41) is 4.31. The molecule has 0 unspecified atom stereocenters. The van der Waals surface area contributed by atoms with E-state index in [9.17, 15) is 0 Å². The zero-order valence-corrected chi connectivity index (χ0v) is 11.9. The Morgan fingerprint density at radius 3 is 2.54 bits per heavy atom. The van der Waals surface area contributed by atoms with Gasteiger partial charge in [0.1, 0.15) is 0 Å². The molecular formula is C9H16KN3. The van der Waals surface area contributed by atoms with E-state index in [-0.39, 0.29) is 58.8 Å². The molecule has 0 aromatic carbocycles. The van der Waals surface area contributed by atoms with Crippen LogP contribution in [0, 0.1) is 7.43 Å². The van der Waals surface area contributed by atoms with Crippen molar-refractivity contribution < 1.29 is 51.4 Å². The molecule has 1 aromatic rings. The van der Waals surface area contributed by atoms with Gasteiger partial charge in [-0.25, -0.2) is 0 Å². The largest absolute Gasteiger partial charge is 1.00 e. The molecule has 0 N–H and O–H groups in total. The van der Waals surface area contributed by atoms with Gasteiger partial charge in [-0.05, 0) is 25.6 Å². The van der Waals surface area contributed by atoms with Crippen LogP contribution in [0.2, 0.25) is 0 Å². The normalized spacial score (nSPS) is 15.5. The first kappa shape index (κ1) is 13.8. The zero-order chi connectivity index (χ0) is 7.68. The van der Waals surface area contributed by atoms with Crippen LogP contribution in [-0.2, 0) is 13.6 Å². The predicted molar refractivity (Wildman–Crippen MR) is 49.5 cm³/mol. The van der Waals surface area contributed by atoms with Gasteiger partial charge in [-0.1, -0.05) is 0 Å². The van der Waals surface area contributed by atoms with Gasteiger partial charge in [0.15, 0.2) is 0 Å². The van der Waals surface area contributed by atoms with E-state index in [1.807, 2.05) is 17.9 Å². The fourth-order valence-electron chi connectivity index (χ4n) is 1.32. The zero-order valence-electron chi connectivity index (χ0n) is 8.82. The van der Waals surface area contributed by atoms with Gasteiger partial charge in [-0.15, -0.1) is 0 Å². The number of rotatable bonds is 2. The van der Waals surface area contributed by atoms with Crippen molar-refractivity contribution in [1.82, 2.24) is 14.7 Å². The summed E-state index contributed by atoms with van der Waals surface area (Å²) in [4.78, 5) is 2.41. The maximum absolute atomic E-state index is 4.31. The number of nitrogens with zero attached hydrogens (tertiary/aromatic N) is 3. The molecule has 3 nitrogen and oxygen atoms in total. The Kier molecular flexibility index (Phi) is 6.71. The third-order valence-electron chi connectivity index (χ3n) is 2.10. The first-order chi connectivity index (χ1) is 5.34. The van der Waals surface area contributed by atoms with Crippen molar-refractivity contribution in [2.24, 2.45) is 7.05 Å². The van der Waals surface area contributed by atoms with Crippen LogP contribution < -0.4 is 51.4 Å². The summed E-state index contributed by atoms with van der Waals surface area (Å²) in [6, 6.07) is 2.08. The Labute approximate surface area is 123 Å². The third-order valence-corrected chi connectivity index (χ3v) is 2.10. The maximum atomic E-state index is 4.31. The Bertz CT molecular complexity index is 243. The second kappa shape index (κ2) is 6.32. The van der Waals surface area contributed by atoms with Gasteiger partial charge in [0.05, 0.1) is 5.69 Å². The quantitative estimate of drug-likeness (QED) is 0.415. The minimum absolute atomic E-state index is 0. The summed E-state index contributed by atoms with van der Waals surface area (Å²) >= 11 is 0. The molecule has 13 heavy (non-hydrogen) atoms. The van der Waals surface area contributed by atoms with Gasteiger partial charge in [-0.3, -0.25) is 9.58 Å². The summed E-state index contributed by atoms with van der Waals surface area (Å²) < 4.78 is 1.86. The van der Waals surface area contributed by atoms with Crippen LogP contribution in [0.4, 0.5) is 0 Å². The second-order valence-corrected chi connectivity index (χ2v) is 3.11. The summed E-state index contributed by atoms with van der Waals surface area (Å²) in [5.41, 5.74) is 1.19. The predicted octanol–water partition coefficient (Wildman–Crippen LogP) is -1.92. The molecule has 1 aromatic heterocycles. The molecule has 0 spiro atoms. The third kappa shape index (κ3) is 3.81. The molecule has 1 aliphatic rings. The van der Waals surface area contributed by atoms with Gasteiger partial charge in [0, 0.05) is 19.8 Å². The fraction of sp³-hybridized carbons (Fsp3) is 0.556. The molecule has 1 saturated heterocycles. The van der Waals surface area contributed by atoms with E-state index in [1.54, 1.807) is 0 Å². The minimum atomic E-state index is 0. The van der Waals surface area contributed by atoms with Crippen LogP contribution in [-0.4, -0.2) is 27.8 Å². The average Bonchev–Trinajstić information content (AvgIpc) is 2.27. The Morgan fingerprint density at radius 2 is 2.15 bits per heavy atom. The maximum Gasteiger partial charge on any atom is 1.00 e. The topological polar surface area (TPSA) is 21.1 Å². The SMILES string of the molecule is Cn1ccc(CN2CCC2)n1.[CH3-].[K+]. The van der Waals surface area contributed by atoms with E-state index in [1.165, 1.54) is 25.2 Å². The molecular weight excluding hydrogens is 189 g/mol. The van der Waals surface area contributed by atoms with Crippen molar-refractivity contribution >= 4 is 0 Å². The number of aryl methyl sites for hydroxylation is 1. The van der Waals surface area contributed by atoms with Crippen LogP contribution in [0.15, 0.2) is 12.3 Å². The number of likely N-dealkylation sites (tertiary alicyclic amines) is 1. The second-order valence-electron chi connectivity index (χ2n) is 3.11. The van der Waals surface area contributed by atoms with E-state index >= 15 is 0 Å². The molecule has 0 atom stereocenters. The Hall–Kier alpha value is 0.806. The van der Waals surface area contributed by atoms with Crippen molar-refractivity contribution in [2.45, 2.75) is 13.0 Å². The molecule has 1 fully saturated rings. The molecule has 2 rings (SSSR count). The molecule has 0 aliphatic carbocycles. The number of aromatic nitrogens is 2. The molecule has 0 saturated carbocycles. The van der Waals surface area contributed by atoms with Gasteiger partial charge in [0.2, 0.25) is 0 Å². The first-order valence-corrected chi connectivity index (χ1v) is 4.05. The van der Waals surface area contributed by atoms with Gasteiger partial charge in [-0.2, -0.15) is 5.10 Å². The van der Waals surface area contributed by atoms with Crippen molar-refractivity contribution in [3.63, 3.8) is 0 Å². The molecule has 0 amide bonds. The molecule has 2 heterocycles.